The number of hydrogen-bond donors (Lipinski definition) is 1. The molecule has 1 aliphatic carbocycles. The molecule has 12 heavy (non-hydrogen) atoms. The maximum Gasteiger partial charge on any atom is 0.0591 e. The molecule has 0 spiro atoms. The Labute approximate surface area is 75.0 Å². The summed E-state index contributed by atoms with van der Waals surface area (Å²) in [4.78, 5) is 0. The highest BCUT2D eigenvalue weighted by Gasteiger charge is 2.07. The lowest BCUT2D eigenvalue weighted by Gasteiger charge is -2.11. The lowest BCUT2D eigenvalue weighted by Crippen LogP contribution is -2.29. The van der Waals surface area contributed by atoms with Crippen molar-refractivity contribution in [2.24, 2.45) is 0 Å². The fourth-order valence-corrected chi connectivity index (χ4v) is 1.37. The largest absolute Gasteiger partial charge is 0.380 e. The first-order chi connectivity index (χ1) is 5.93. The second-order valence-corrected chi connectivity index (χ2v) is 3.21. The van der Waals surface area contributed by atoms with E-state index in [9.17, 15) is 0 Å². The zero-order valence-corrected chi connectivity index (χ0v) is 7.88. The van der Waals surface area contributed by atoms with Gasteiger partial charge in [0, 0.05) is 19.2 Å². The Bertz CT molecular complexity index is 126. The summed E-state index contributed by atoms with van der Waals surface area (Å²) >= 11 is 0. The highest BCUT2D eigenvalue weighted by molar-refractivity contribution is 4.97. The molecule has 0 aromatic heterocycles. The normalized spacial score (nSPS) is 17.4. The monoisotopic (exact) mass is 169 g/mol. The first-order valence-corrected chi connectivity index (χ1v) is 4.89. The van der Waals surface area contributed by atoms with Crippen LogP contribution < -0.4 is 5.32 Å². The molecule has 0 saturated carbocycles. The van der Waals surface area contributed by atoms with Crippen LogP contribution in [0.25, 0.3) is 0 Å². The van der Waals surface area contributed by atoms with Gasteiger partial charge in [0.2, 0.25) is 0 Å². The number of rotatable bonds is 6. The molecule has 2 heteroatoms. The average molecular weight is 169 g/mol. The van der Waals surface area contributed by atoms with Gasteiger partial charge in [-0.25, -0.2) is 0 Å². The van der Waals surface area contributed by atoms with E-state index in [1.807, 2.05) is 0 Å². The molecule has 0 heterocycles. The van der Waals surface area contributed by atoms with Crippen LogP contribution in [0.15, 0.2) is 12.2 Å². The highest BCUT2D eigenvalue weighted by Crippen LogP contribution is 2.08. The third kappa shape index (κ3) is 3.88. The molecule has 0 aromatic carbocycles. The maximum atomic E-state index is 5.36. The van der Waals surface area contributed by atoms with Gasteiger partial charge in [0.1, 0.15) is 0 Å². The van der Waals surface area contributed by atoms with Gasteiger partial charge in [-0.2, -0.15) is 0 Å². The summed E-state index contributed by atoms with van der Waals surface area (Å²) in [5.74, 6) is 0. The van der Waals surface area contributed by atoms with E-state index < -0.39 is 0 Å². The van der Waals surface area contributed by atoms with Crippen LogP contribution >= 0.6 is 0 Å². The second kappa shape index (κ2) is 6.21. The Balaban J connectivity index is 1.82. The molecule has 1 aliphatic rings. The van der Waals surface area contributed by atoms with Gasteiger partial charge in [0.15, 0.2) is 0 Å². The van der Waals surface area contributed by atoms with E-state index in [2.05, 4.69) is 24.4 Å². The lowest BCUT2D eigenvalue weighted by molar-refractivity contribution is 0.134. The van der Waals surface area contributed by atoms with Crippen LogP contribution in [0.5, 0.6) is 0 Å². The second-order valence-electron chi connectivity index (χ2n) is 3.21. The van der Waals surface area contributed by atoms with Crippen molar-refractivity contribution in [3.8, 4) is 0 Å². The summed E-state index contributed by atoms with van der Waals surface area (Å²) in [5, 5.41) is 3.45. The van der Waals surface area contributed by atoms with Crippen molar-refractivity contribution in [3.63, 3.8) is 0 Å². The van der Waals surface area contributed by atoms with Crippen LogP contribution in [0.1, 0.15) is 26.2 Å². The molecule has 0 radical (unpaired) electrons. The summed E-state index contributed by atoms with van der Waals surface area (Å²) in [6, 6.07) is 0.676. The Morgan fingerprint density at radius 2 is 2.08 bits per heavy atom. The minimum Gasteiger partial charge on any atom is -0.380 e. The van der Waals surface area contributed by atoms with Gasteiger partial charge < -0.3 is 10.1 Å². The Kier molecular flexibility index (Phi) is 5.04. The zero-order chi connectivity index (χ0) is 8.65. The molecular formula is C10H19NO. The third-order valence-electron chi connectivity index (χ3n) is 2.04. The minimum absolute atomic E-state index is 0.676. The van der Waals surface area contributed by atoms with Crippen LogP contribution in [0.2, 0.25) is 0 Å². The van der Waals surface area contributed by atoms with Crippen molar-refractivity contribution in [2.75, 3.05) is 19.8 Å². The van der Waals surface area contributed by atoms with Crippen molar-refractivity contribution < 1.29 is 4.74 Å². The molecule has 0 amide bonds. The maximum absolute atomic E-state index is 5.36. The lowest BCUT2D eigenvalue weighted by atomic mass is 10.2. The molecule has 0 aliphatic heterocycles. The van der Waals surface area contributed by atoms with E-state index in [0.29, 0.717) is 6.04 Å². The van der Waals surface area contributed by atoms with Crippen molar-refractivity contribution >= 4 is 0 Å². The van der Waals surface area contributed by atoms with E-state index in [0.717, 1.165) is 26.2 Å². The average Bonchev–Trinajstić information content (AvgIpc) is 2.57. The van der Waals surface area contributed by atoms with E-state index in [4.69, 9.17) is 4.74 Å². The highest BCUT2D eigenvalue weighted by atomic mass is 16.5. The number of nitrogens with one attached hydrogen (secondary N) is 1. The van der Waals surface area contributed by atoms with Crippen LogP contribution in [0, 0.1) is 0 Å². The van der Waals surface area contributed by atoms with Gasteiger partial charge in [-0.3, -0.25) is 0 Å². The number of hydrogen-bond acceptors (Lipinski definition) is 2. The van der Waals surface area contributed by atoms with Crippen molar-refractivity contribution in [2.45, 2.75) is 32.2 Å². The van der Waals surface area contributed by atoms with Crippen LogP contribution in [-0.4, -0.2) is 25.8 Å². The fourth-order valence-electron chi connectivity index (χ4n) is 1.37. The summed E-state index contributed by atoms with van der Waals surface area (Å²) in [7, 11) is 0. The number of ether oxygens (including phenoxy) is 1. The van der Waals surface area contributed by atoms with Gasteiger partial charge in [-0.1, -0.05) is 19.1 Å². The van der Waals surface area contributed by atoms with Gasteiger partial charge in [-0.05, 0) is 19.3 Å². The molecule has 0 aromatic rings. The SMILES string of the molecule is CCCOCCNC1CC=CC1. The van der Waals surface area contributed by atoms with Gasteiger partial charge in [0.05, 0.1) is 6.61 Å². The fraction of sp³-hybridized carbons (Fsp3) is 0.800. The van der Waals surface area contributed by atoms with E-state index >= 15 is 0 Å². The van der Waals surface area contributed by atoms with Crippen molar-refractivity contribution in [1.29, 1.82) is 0 Å². The zero-order valence-electron chi connectivity index (χ0n) is 7.88. The molecule has 1 N–H and O–H groups in total. The van der Waals surface area contributed by atoms with Crippen LogP contribution in [0.3, 0.4) is 0 Å². The molecule has 2 nitrogen and oxygen atoms in total. The van der Waals surface area contributed by atoms with Gasteiger partial charge in [-0.15, -0.1) is 0 Å². The summed E-state index contributed by atoms with van der Waals surface area (Å²) < 4.78 is 5.36. The quantitative estimate of drug-likeness (QED) is 0.483. The molecule has 1 rings (SSSR count). The molecule has 0 bridgehead atoms. The van der Waals surface area contributed by atoms with Crippen LogP contribution in [0.4, 0.5) is 0 Å². The summed E-state index contributed by atoms with van der Waals surface area (Å²) in [6.45, 7) is 4.87. The summed E-state index contributed by atoms with van der Waals surface area (Å²) in [5.41, 5.74) is 0. The van der Waals surface area contributed by atoms with E-state index in [1.165, 1.54) is 12.8 Å². The molecule has 0 fully saturated rings. The molecule has 0 saturated heterocycles. The smallest absolute Gasteiger partial charge is 0.0591 e. The Morgan fingerprint density at radius 1 is 1.33 bits per heavy atom. The first kappa shape index (κ1) is 9.75. The van der Waals surface area contributed by atoms with Crippen molar-refractivity contribution in [1.82, 2.24) is 5.32 Å². The third-order valence-corrected chi connectivity index (χ3v) is 2.04. The first-order valence-electron chi connectivity index (χ1n) is 4.89. The van der Waals surface area contributed by atoms with Crippen LogP contribution in [-0.2, 0) is 4.74 Å². The van der Waals surface area contributed by atoms with Crippen molar-refractivity contribution in [3.05, 3.63) is 12.2 Å². The topological polar surface area (TPSA) is 21.3 Å². The minimum atomic E-state index is 0.676. The molecular weight excluding hydrogens is 150 g/mol. The molecule has 70 valence electrons. The van der Waals surface area contributed by atoms with E-state index in [-0.39, 0.29) is 0 Å². The molecule has 0 atom stereocenters. The Morgan fingerprint density at radius 3 is 2.75 bits per heavy atom. The predicted molar refractivity (Wildman–Crippen MR) is 51.3 cm³/mol. The van der Waals surface area contributed by atoms with Gasteiger partial charge >= 0.3 is 0 Å². The van der Waals surface area contributed by atoms with E-state index in [1.54, 1.807) is 0 Å². The van der Waals surface area contributed by atoms with Gasteiger partial charge in [0.25, 0.3) is 0 Å². The summed E-state index contributed by atoms with van der Waals surface area (Å²) in [6.07, 6.45) is 7.97. The predicted octanol–water partition coefficient (Wildman–Crippen LogP) is 1.72. The Hall–Kier alpha value is -0.340. The molecule has 0 unspecified atom stereocenters. The standard InChI is InChI=1S/C10H19NO/c1-2-8-12-9-7-11-10-5-3-4-6-10/h3-4,10-11H,2,5-9H2,1H3.